The van der Waals surface area contributed by atoms with E-state index in [-0.39, 0.29) is 11.9 Å². The fourth-order valence-corrected chi connectivity index (χ4v) is 4.93. The number of hydrogen-bond donors (Lipinski definition) is 0. The van der Waals surface area contributed by atoms with Crippen molar-refractivity contribution in [1.29, 1.82) is 0 Å². The fraction of sp³-hybridized carbons (Fsp3) is 0.400. The first-order valence-electron chi connectivity index (χ1n) is 19.0. The molecular formula is C45H58O9. The molecule has 9 nitrogen and oxygen atoms in total. The first kappa shape index (κ1) is 44.8. The van der Waals surface area contributed by atoms with Crippen LogP contribution >= 0.6 is 0 Å². The van der Waals surface area contributed by atoms with Gasteiger partial charge in [-0.1, -0.05) is 68.3 Å². The Hall–Kier alpha value is -5.31. The summed E-state index contributed by atoms with van der Waals surface area (Å²) in [6, 6.07) is 15.3. The van der Waals surface area contributed by atoms with Gasteiger partial charge < -0.3 is 28.4 Å². The molecule has 0 aliphatic carbocycles. The zero-order chi connectivity index (χ0) is 38.9. The highest BCUT2D eigenvalue weighted by molar-refractivity contribution is 5.87. The van der Waals surface area contributed by atoms with Gasteiger partial charge in [0.15, 0.2) is 0 Å². The van der Waals surface area contributed by atoms with Crippen molar-refractivity contribution >= 4 is 24.0 Å². The van der Waals surface area contributed by atoms with Crippen LogP contribution in [0.25, 0.3) is 6.08 Å². The molecule has 0 aromatic heterocycles. The molecule has 2 aromatic rings. The van der Waals surface area contributed by atoms with Crippen LogP contribution in [0.2, 0.25) is 0 Å². The number of carbonyl (C=O) groups excluding carboxylic acids is 3. The molecule has 0 unspecified atom stereocenters. The van der Waals surface area contributed by atoms with Crippen molar-refractivity contribution in [2.75, 3.05) is 39.6 Å². The van der Waals surface area contributed by atoms with Gasteiger partial charge in [-0.05, 0) is 100 Å². The summed E-state index contributed by atoms with van der Waals surface area (Å²) < 4.78 is 33.8. The van der Waals surface area contributed by atoms with Gasteiger partial charge >= 0.3 is 17.9 Å². The Bertz CT molecular complexity index is 1490. The Labute approximate surface area is 322 Å². The quantitative estimate of drug-likeness (QED) is 0.0245. The average Bonchev–Trinajstić information content (AvgIpc) is 3.18. The molecule has 0 spiro atoms. The van der Waals surface area contributed by atoms with E-state index in [1.165, 1.54) is 18.2 Å². The second-order valence-corrected chi connectivity index (χ2v) is 12.3. The van der Waals surface area contributed by atoms with Gasteiger partial charge in [0.05, 0.1) is 39.6 Å². The standard InChI is InChI=1S/C45H58O9/c1-4-22-38(5-2)25-27-44(47)53-33-20-11-8-17-30-50-41-35-40(49-29-16-7-10-19-32-52-43(46)6-3)36-42(37-41)51-31-18-9-12-21-34-54-45(48)28-26-39-23-14-13-15-24-39/h4-6,13-15,22-28,35-37H,1-3,7-12,16-21,29-34H2/b27-25+,28-26+,38-22+. The summed E-state index contributed by atoms with van der Waals surface area (Å²) >= 11 is 0. The Morgan fingerprint density at radius 3 is 1.33 bits per heavy atom. The maximum absolute atomic E-state index is 12.0. The summed E-state index contributed by atoms with van der Waals surface area (Å²) in [6.45, 7) is 13.5. The molecule has 0 bridgehead atoms. The van der Waals surface area contributed by atoms with E-state index in [0.29, 0.717) is 56.9 Å². The van der Waals surface area contributed by atoms with Crippen LogP contribution in [-0.2, 0) is 28.6 Å². The highest BCUT2D eigenvalue weighted by atomic mass is 16.5. The molecule has 0 fully saturated rings. The average molecular weight is 743 g/mol. The summed E-state index contributed by atoms with van der Waals surface area (Å²) in [4.78, 5) is 35.0. The normalized spacial score (nSPS) is 11.2. The van der Waals surface area contributed by atoms with E-state index in [2.05, 4.69) is 19.7 Å². The summed E-state index contributed by atoms with van der Waals surface area (Å²) in [5.74, 6) is 0.930. The molecule has 0 saturated heterocycles. The maximum Gasteiger partial charge on any atom is 0.330 e. The van der Waals surface area contributed by atoms with Gasteiger partial charge in [-0.25, -0.2) is 14.4 Å². The van der Waals surface area contributed by atoms with Crippen molar-refractivity contribution in [3.05, 3.63) is 122 Å². The Kier molecular flexibility index (Phi) is 25.1. The maximum atomic E-state index is 12.0. The van der Waals surface area contributed by atoms with Gasteiger partial charge in [0.25, 0.3) is 0 Å². The number of esters is 3. The predicted molar refractivity (Wildman–Crippen MR) is 214 cm³/mol. The summed E-state index contributed by atoms with van der Waals surface area (Å²) in [7, 11) is 0. The van der Waals surface area contributed by atoms with Crippen molar-refractivity contribution in [2.45, 2.75) is 77.0 Å². The minimum absolute atomic E-state index is 0.336. The molecular weight excluding hydrogens is 684 g/mol. The molecule has 0 saturated carbocycles. The summed E-state index contributed by atoms with van der Waals surface area (Å²) in [5.41, 5.74) is 1.74. The fourth-order valence-electron chi connectivity index (χ4n) is 4.93. The third-order valence-corrected chi connectivity index (χ3v) is 7.84. The van der Waals surface area contributed by atoms with E-state index in [4.69, 9.17) is 28.4 Å². The molecule has 0 heterocycles. The molecule has 0 aliphatic rings. The third kappa shape index (κ3) is 23.3. The lowest BCUT2D eigenvalue weighted by atomic mass is 10.2. The predicted octanol–water partition coefficient (Wildman–Crippen LogP) is 9.89. The molecule has 2 rings (SSSR count). The molecule has 9 heteroatoms. The van der Waals surface area contributed by atoms with Gasteiger partial charge in [-0.3, -0.25) is 0 Å². The minimum Gasteiger partial charge on any atom is -0.493 e. The molecule has 0 atom stereocenters. The number of rotatable bonds is 31. The van der Waals surface area contributed by atoms with Crippen LogP contribution < -0.4 is 14.2 Å². The molecule has 54 heavy (non-hydrogen) atoms. The largest absolute Gasteiger partial charge is 0.493 e. The Balaban J connectivity index is 1.72. The lowest BCUT2D eigenvalue weighted by Crippen LogP contribution is -2.04. The van der Waals surface area contributed by atoms with Crippen molar-refractivity contribution in [3.63, 3.8) is 0 Å². The number of allylic oxidation sites excluding steroid dienone is 5. The molecule has 2 aromatic carbocycles. The lowest BCUT2D eigenvalue weighted by molar-refractivity contribution is -0.138. The molecule has 0 aliphatic heterocycles. The van der Waals surface area contributed by atoms with Crippen molar-refractivity contribution in [1.82, 2.24) is 0 Å². The molecule has 0 N–H and O–H groups in total. The van der Waals surface area contributed by atoms with Crippen molar-refractivity contribution < 1.29 is 42.8 Å². The second-order valence-electron chi connectivity index (χ2n) is 12.3. The van der Waals surface area contributed by atoms with Crippen LogP contribution in [0.4, 0.5) is 0 Å². The second kappa shape index (κ2) is 30.2. The number of hydrogen-bond acceptors (Lipinski definition) is 9. The lowest BCUT2D eigenvalue weighted by Gasteiger charge is -2.13. The van der Waals surface area contributed by atoms with Crippen LogP contribution in [0.3, 0.4) is 0 Å². The van der Waals surface area contributed by atoms with E-state index >= 15 is 0 Å². The SMILES string of the molecule is C=C/C=C(C=C)/C=C/C(=O)OCCCCCCOc1cc(OCCCCCCOC(=O)C=C)cc(OCCCCCCOC(=O)/C=C/c2ccccc2)c1. The van der Waals surface area contributed by atoms with Crippen LogP contribution in [0.5, 0.6) is 17.2 Å². The molecule has 0 amide bonds. The van der Waals surface area contributed by atoms with E-state index < -0.39 is 5.97 Å². The van der Waals surface area contributed by atoms with Gasteiger partial charge in [0, 0.05) is 36.4 Å². The van der Waals surface area contributed by atoms with Gasteiger partial charge in [-0.15, -0.1) is 0 Å². The van der Waals surface area contributed by atoms with E-state index in [9.17, 15) is 14.4 Å². The Morgan fingerprint density at radius 2 is 0.907 bits per heavy atom. The highest BCUT2D eigenvalue weighted by Gasteiger charge is 2.07. The number of benzene rings is 2. The number of unbranched alkanes of at least 4 members (excludes halogenated alkanes) is 9. The van der Waals surface area contributed by atoms with Crippen molar-refractivity contribution in [3.8, 4) is 17.2 Å². The summed E-state index contributed by atoms with van der Waals surface area (Å²) in [6.07, 6.45) is 23.0. The van der Waals surface area contributed by atoms with Crippen LogP contribution in [-0.4, -0.2) is 57.5 Å². The van der Waals surface area contributed by atoms with Crippen LogP contribution in [0.15, 0.2) is 116 Å². The monoisotopic (exact) mass is 742 g/mol. The smallest absolute Gasteiger partial charge is 0.330 e. The van der Waals surface area contributed by atoms with Crippen molar-refractivity contribution in [2.24, 2.45) is 0 Å². The zero-order valence-corrected chi connectivity index (χ0v) is 31.8. The topological polar surface area (TPSA) is 107 Å². The number of ether oxygens (including phenoxy) is 6. The zero-order valence-electron chi connectivity index (χ0n) is 31.8. The minimum atomic E-state index is -0.396. The van der Waals surface area contributed by atoms with Crippen LogP contribution in [0, 0.1) is 0 Å². The van der Waals surface area contributed by atoms with E-state index in [1.807, 2.05) is 48.5 Å². The third-order valence-electron chi connectivity index (χ3n) is 7.84. The first-order valence-corrected chi connectivity index (χ1v) is 19.0. The molecule has 292 valence electrons. The first-order chi connectivity index (χ1) is 26.4. The number of carbonyl (C=O) groups is 3. The van der Waals surface area contributed by atoms with E-state index in [0.717, 1.165) is 88.2 Å². The van der Waals surface area contributed by atoms with Gasteiger partial charge in [-0.2, -0.15) is 0 Å². The summed E-state index contributed by atoms with van der Waals surface area (Å²) in [5, 5.41) is 0. The van der Waals surface area contributed by atoms with E-state index in [1.54, 1.807) is 30.4 Å². The highest BCUT2D eigenvalue weighted by Crippen LogP contribution is 2.29. The Morgan fingerprint density at radius 1 is 0.481 bits per heavy atom. The van der Waals surface area contributed by atoms with Gasteiger partial charge in [0.2, 0.25) is 0 Å². The van der Waals surface area contributed by atoms with Gasteiger partial charge in [0.1, 0.15) is 17.2 Å². The molecule has 0 radical (unpaired) electrons. The van der Waals surface area contributed by atoms with Crippen LogP contribution in [0.1, 0.15) is 82.6 Å².